The first-order chi connectivity index (χ1) is 11.8. The highest BCUT2D eigenvalue weighted by Crippen LogP contribution is 2.65. The summed E-state index contributed by atoms with van der Waals surface area (Å²) in [5.74, 6) is 1.50. The molecule has 1 aromatic rings. The average Bonchev–Trinajstić information content (AvgIpc) is 2.93. The minimum Gasteiger partial charge on any atom is -0.493 e. The summed E-state index contributed by atoms with van der Waals surface area (Å²) in [6, 6.07) is 7.17. The summed E-state index contributed by atoms with van der Waals surface area (Å²) in [6.07, 6.45) is 3.48. The van der Waals surface area contributed by atoms with E-state index >= 15 is 0 Å². The predicted octanol–water partition coefficient (Wildman–Crippen LogP) is 3.28. The number of carbonyl (C=O) groups excluding carboxylic acids is 1. The number of hydrogen-bond donors (Lipinski definition) is 1. The lowest BCUT2D eigenvalue weighted by atomic mass is 9.69. The van der Waals surface area contributed by atoms with E-state index in [-0.39, 0.29) is 29.4 Å². The monoisotopic (exact) mass is 342 g/mol. The third-order valence-corrected chi connectivity index (χ3v) is 6.78. The molecule has 2 aliphatic rings. The Labute approximate surface area is 149 Å². The van der Waals surface area contributed by atoms with Crippen LogP contribution in [0.1, 0.15) is 45.6 Å². The Morgan fingerprint density at radius 3 is 2.68 bits per heavy atom. The number of methoxy groups -OCH3 is 1. The van der Waals surface area contributed by atoms with E-state index in [2.05, 4.69) is 32.2 Å². The standard InChI is InChI=1S/C20H26N2O3/c1-19(2)14-7-8-20(19,3)17(10-14)22-18(23)12-25-15-6-5-13(11-21)9-16(15)24-4/h5-6,9,14,17H,7-8,10,12H2,1-4H3,(H,22,23). The molecule has 1 amide bonds. The maximum absolute atomic E-state index is 12.4. The van der Waals surface area contributed by atoms with Gasteiger partial charge in [0.2, 0.25) is 0 Å². The number of rotatable bonds is 5. The van der Waals surface area contributed by atoms with Crippen molar-refractivity contribution in [3.8, 4) is 17.6 Å². The van der Waals surface area contributed by atoms with E-state index in [0.29, 0.717) is 23.0 Å². The molecule has 2 bridgehead atoms. The number of nitriles is 1. The molecule has 134 valence electrons. The number of amides is 1. The summed E-state index contributed by atoms with van der Waals surface area (Å²) >= 11 is 0. The van der Waals surface area contributed by atoms with Crippen LogP contribution in [0.15, 0.2) is 18.2 Å². The van der Waals surface area contributed by atoms with Gasteiger partial charge < -0.3 is 14.8 Å². The summed E-state index contributed by atoms with van der Waals surface area (Å²) in [7, 11) is 1.52. The van der Waals surface area contributed by atoms with Crippen molar-refractivity contribution < 1.29 is 14.3 Å². The van der Waals surface area contributed by atoms with Gasteiger partial charge >= 0.3 is 0 Å². The van der Waals surface area contributed by atoms with Gasteiger partial charge in [-0.1, -0.05) is 20.8 Å². The lowest BCUT2D eigenvalue weighted by molar-refractivity contribution is -0.124. The van der Waals surface area contributed by atoms with Gasteiger partial charge in [0.15, 0.2) is 18.1 Å². The van der Waals surface area contributed by atoms with Crippen molar-refractivity contribution >= 4 is 5.91 Å². The quantitative estimate of drug-likeness (QED) is 0.891. The molecule has 0 heterocycles. The second kappa shape index (κ2) is 6.25. The molecule has 0 aromatic heterocycles. The molecule has 0 spiro atoms. The molecule has 1 N–H and O–H groups in total. The number of fused-ring (bicyclic) bond motifs is 2. The fourth-order valence-corrected chi connectivity index (χ4v) is 4.66. The number of hydrogen-bond acceptors (Lipinski definition) is 4. The molecule has 2 saturated carbocycles. The van der Waals surface area contributed by atoms with E-state index in [1.807, 2.05) is 0 Å². The molecule has 3 atom stereocenters. The van der Waals surface area contributed by atoms with Gasteiger partial charge in [0.05, 0.1) is 18.7 Å². The van der Waals surface area contributed by atoms with Crippen LogP contribution in [-0.4, -0.2) is 25.7 Å². The maximum atomic E-state index is 12.4. The fourth-order valence-electron chi connectivity index (χ4n) is 4.66. The van der Waals surface area contributed by atoms with Gasteiger partial charge in [-0.2, -0.15) is 5.26 Å². The molecule has 1 aromatic carbocycles. The van der Waals surface area contributed by atoms with Crippen molar-refractivity contribution in [2.75, 3.05) is 13.7 Å². The summed E-state index contributed by atoms with van der Waals surface area (Å²) in [5.41, 5.74) is 0.910. The lowest BCUT2D eigenvalue weighted by Crippen LogP contribution is -2.48. The first kappa shape index (κ1) is 17.6. The van der Waals surface area contributed by atoms with E-state index in [1.165, 1.54) is 20.0 Å². The van der Waals surface area contributed by atoms with Crippen LogP contribution in [-0.2, 0) is 4.79 Å². The van der Waals surface area contributed by atoms with E-state index in [1.54, 1.807) is 18.2 Å². The topological polar surface area (TPSA) is 71.3 Å². The molecule has 0 aliphatic heterocycles. The van der Waals surface area contributed by atoms with Gasteiger partial charge in [-0.25, -0.2) is 0 Å². The Morgan fingerprint density at radius 1 is 1.36 bits per heavy atom. The van der Waals surface area contributed by atoms with Crippen LogP contribution >= 0.6 is 0 Å². The Hall–Kier alpha value is -2.22. The Balaban J connectivity index is 1.61. The van der Waals surface area contributed by atoms with Crippen LogP contribution in [0.5, 0.6) is 11.5 Å². The zero-order valence-electron chi connectivity index (χ0n) is 15.4. The molecule has 5 nitrogen and oxygen atoms in total. The van der Waals surface area contributed by atoms with Crippen LogP contribution in [0.25, 0.3) is 0 Å². The van der Waals surface area contributed by atoms with Crippen LogP contribution in [0.2, 0.25) is 0 Å². The van der Waals surface area contributed by atoms with E-state index in [4.69, 9.17) is 14.7 Å². The van der Waals surface area contributed by atoms with Crippen molar-refractivity contribution in [1.29, 1.82) is 5.26 Å². The van der Waals surface area contributed by atoms with Crippen molar-refractivity contribution in [3.05, 3.63) is 23.8 Å². The number of carbonyl (C=O) groups is 1. The van der Waals surface area contributed by atoms with Crippen molar-refractivity contribution in [3.63, 3.8) is 0 Å². The number of ether oxygens (including phenoxy) is 2. The Morgan fingerprint density at radius 2 is 2.12 bits per heavy atom. The molecule has 2 fully saturated rings. The fraction of sp³-hybridized carbons (Fsp3) is 0.600. The van der Waals surface area contributed by atoms with Gasteiger partial charge in [-0.15, -0.1) is 0 Å². The first-order valence-corrected chi connectivity index (χ1v) is 8.82. The summed E-state index contributed by atoms with van der Waals surface area (Å²) in [6.45, 7) is 6.90. The van der Waals surface area contributed by atoms with Crippen LogP contribution in [0.4, 0.5) is 0 Å². The van der Waals surface area contributed by atoms with Gasteiger partial charge in [0.25, 0.3) is 5.91 Å². The molecule has 3 unspecified atom stereocenters. The highest BCUT2D eigenvalue weighted by atomic mass is 16.5. The third kappa shape index (κ3) is 2.84. The highest BCUT2D eigenvalue weighted by Gasteiger charge is 2.61. The molecule has 5 heteroatoms. The maximum Gasteiger partial charge on any atom is 0.258 e. The summed E-state index contributed by atoms with van der Waals surface area (Å²) < 4.78 is 10.8. The minimum atomic E-state index is -0.110. The van der Waals surface area contributed by atoms with Gasteiger partial charge in [-0.05, 0) is 48.1 Å². The Bertz CT molecular complexity index is 722. The molecule has 0 radical (unpaired) electrons. The molecular weight excluding hydrogens is 316 g/mol. The van der Waals surface area contributed by atoms with Crippen LogP contribution < -0.4 is 14.8 Å². The van der Waals surface area contributed by atoms with Crippen LogP contribution in [0, 0.1) is 28.1 Å². The average molecular weight is 342 g/mol. The second-order valence-corrected chi connectivity index (χ2v) is 8.00. The summed E-state index contributed by atoms with van der Waals surface area (Å²) in [4.78, 5) is 12.4. The molecule has 2 aliphatic carbocycles. The SMILES string of the molecule is COc1cc(C#N)ccc1OCC(=O)NC1CC2CCC1(C)C2(C)C. The van der Waals surface area contributed by atoms with Gasteiger partial charge in [-0.3, -0.25) is 4.79 Å². The number of nitrogens with zero attached hydrogens (tertiary/aromatic N) is 1. The number of benzene rings is 1. The first-order valence-electron chi connectivity index (χ1n) is 8.82. The molecule has 0 saturated heterocycles. The second-order valence-electron chi connectivity index (χ2n) is 8.00. The summed E-state index contributed by atoms with van der Waals surface area (Å²) in [5, 5.41) is 12.1. The number of nitrogens with one attached hydrogen (secondary N) is 1. The van der Waals surface area contributed by atoms with Gasteiger partial charge in [0, 0.05) is 12.1 Å². The molecular formula is C20H26N2O3. The largest absolute Gasteiger partial charge is 0.493 e. The lowest BCUT2D eigenvalue weighted by Gasteiger charge is -2.39. The predicted molar refractivity (Wildman–Crippen MR) is 94.4 cm³/mol. The van der Waals surface area contributed by atoms with E-state index in [0.717, 1.165) is 6.42 Å². The smallest absolute Gasteiger partial charge is 0.258 e. The third-order valence-electron chi connectivity index (χ3n) is 6.78. The normalized spacial score (nSPS) is 29.1. The van der Waals surface area contributed by atoms with Crippen molar-refractivity contribution in [2.45, 2.75) is 46.1 Å². The zero-order valence-corrected chi connectivity index (χ0v) is 15.4. The highest BCUT2D eigenvalue weighted by molar-refractivity contribution is 5.78. The molecule has 25 heavy (non-hydrogen) atoms. The van der Waals surface area contributed by atoms with Crippen LogP contribution in [0.3, 0.4) is 0 Å². The van der Waals surface area contributed by atoms with E-state index < -0.39 is 0 Å². The Kier molecular flexibility index (Phi) is 4.40. The van der Waals surface area contributed by atoms with E-state index in [9.17, 15) is 4.79 Å². The zero-order chi connectivity index (χ0) is 18.2. The van der Waals surface area contributed by atoms with Gasteiger partial charge in [0.1, 0.15) is 0 Å². The van der Waals surface area contributed by atoms with Crippen molar-refractivity contribution in [2.24, 2.45) is 16.7 Å². The minimum absolute atomic E-state index is 0.0556. The van der Waals surface area contributed by atoms with Crippen molar-refractivity contribution in [1.82, 2.24) is 5.32 Å². The molecule has 3 rings (SSSR count).